The fraction of sp³-hybridized carbons (Fsp3) is 0.385. The minimum atomic E-state index is 1.01. The van der Waals surface area contributed by atoms with Crippen LogP contribution in [0.5, 0.6) is 0 Å². The van der Waals surface area contributed by atoms with E-state index in [-0.39, 0.29) is 0 Å². The molecule has 1 aromatic carbocycles. The third-order valence-corrected chi connectivity index (χ3v) is 3.53. The molecule has 0 fully saturated rings. The van der Waals surface area contributed by atoms with E-state index in [0.29, 0.717) is 0 Å². The first-order valence-corrected chi connectivity index (χ1v) is 5.56. The van der Waals surface area contributed by atoms with Crippen LogP contribution in [0.3, 0.4) is 0 Å². The summed E-state index contributed by atoms with van der Waals surface area (Å²) in [5.41, 5.74) is 5.63. The Morgan fingerprint density at radius 1 is 1.27 bits per heavy atom. The van der Waals surface area contributed by atoms with Gasteiger partial charge in [0.2, 0.25) is 0 Å². The third kappa shape index (κ3) is 1.21. The Bertz CT molecular complexity index is 523. The summed E-state index contributed by atoms with van der Waals surface area (Å²) < 4.78 is 2.44. The van der Waals surface area contributed by atoms with Gasteiger partial charge in [0.25, 0.3) is 0 Å². The standard InChI is InChI=1S/C13H16N2/c1-9-3-4-13-12(10(9)2)7-11-8-14-5-6-15(11)13/h3-4,7,14H,5-6,8H2,1-2H3. The fourth-order valence-electron chi connectivity index (χ4n) is 2.46. The Morgan fingerprint density at radius 2 is 2.13 bits per heavy atom. The molecule has 1 aliphatic heterocycles. The van der Waals surface area contributed by atoms with Gasteiger partial charge < -0.3 is 9.88 Å². The van der Waals surface area contributed by atoms with Crippen LogP contribution < -0.4 is 5.32 Å². The summed E-state index contributed by atoms with van der Waals surface area (Å²) in [6.45, 7) is 7.60. The van der Waals surface area contributed by atoms with Gasteiger partial charge in [-0.1, -0.05) is 6.07 Å². The third-order valence-electron chi connectivity index (χ3n) is 3.53. The molecular weight excluding hydrogens is 184 g/mol. The van der Waals surface area contributed by atoms with Gasteiger partial charge in [-0.25, -0.2) is 0 Å². The van der Waals surface area contributed by atoms with Crippen LogP contribution in [0.2, 0.25) is 0 Å². The van der Waals surface area contributed by atoms with E-state index >= 15 is 0 Å². The Hall–Kier alpha value is -1.28. The molecule has 3 rings (SSSR count). The second-order valence-corrected chi connectivity index (χ2v) is 4.40. The number of aromatic nitrogens is 1. The minimum absolute atomic E-state index is 1.01. The Balaban J connectivity index is 2.36. The quantitative estimate of drug-likeness (QED) is 0.691. The van der Waals surface area contributed by atoms with Crippen LogP contribution in [0.4, 0.5) is 0 Å². The van der Waals surface area contributed by atoms with Gasteiger partial charge >= 0.3 is 0 Å². The number of nitrogens with one attached hydrogen (secondary N) is 1. The van der Waals surface area contributed by atoms with E-state index in [4.69, 9.17) is 0 Å². The molecule has 0 atom stereocenters. The molecule has 2 aromatic rings. The predicted molar refractivity (Wildman–Crippen MR) is 63.1 cm³/mol. The second kappa shape index (κ2) is 3.11. The molecule has 2 heterocycles. The molecule has 78 valence electrons. The molecule has 1 aromatic heterocycles. The minimum Gasteiger partial charge on any atom is -0.342 e. The summed E-state index contributed by atoms with van der Waals surface area (Å²) in [5.74, 6) is 0. The van der Waals surface area contributed by atoms with Crippen molar-refractivity contribution in [2.45, 2.75) is 26.9 Å². The molecule has 0 saturated carbocycles. The van der Waals surface area contributed by atoms with Crippen molar-refractivity contribution >= 4 is 10.9 Å². The number of fused-ring (bicyclic) bond motifs is 3. The van der Waals surface area contributed by atoms with Crippen LogP contribution in [-0.2, 0) is 13.1 Å². The van der Waals surface area contributed by atoms with Crippen LogP contribution in [0, 0.1) is 13.8 Å². The molecular formula is C13H16N2. The van der Waals surface area contributed by atoms with E-state index in [1.165, 1.54) is 27.7 Å². The van der Waals surface area contributed by atoms with E-state index in [1.807, 2.05) is 0 Å². The van der Waals surface area contributed by atoms with Crippen molar-refractivity contribution in [2.24, 2.45) is 0 Å². The maximum atomic E-state index is 3.42. The molecule has 0 unspecified atom stereocenters. The molecule has 1 aliphatic rings. The summed E-state index contributed by atoms with van der Waals surface area (Å²) in [5, 5.41) is 4.84. The second-order valence-electron chi connectivity index (χ2n) is 4.40. The van der Waals surface area contributed by atoms with Crippen molar-refractivity contribution < 1.29 is 0 Å². The summed E-state index contributed by atoms with van der Waals surface area (Å²) in [4.78, 5) is 0. The van der Waals surface area contributed by atoms with Crippen LogP contribution in [0.25, 0.3) is 10.9 Å². The maximum absolute atomic E-state index is 3.42. The Kier molecular flexibility index (Phi) is 1.86. The molecule has 0 aliphatic carbocycles. The average molecular weight is 200 g/mol. The van der Waals surface area contributed by atoms with E-state index in [1.54, 1.807) is 0 Å². The summed E-state index contributed by atoms with van der Waals surface area (Å²) >= 11 is 0. The monoisotopic (exact) mass is 200 g/mol. The lowest BCUT2D eigenvalue weighted by molar-refractivity contribution is 0.527. The van der Waals surface area contributed by atoms with Gasteiger partial charge in [-0.2, -0.15) is 0 Å². The average Bonchev–Trinajstić information content (AvgIpc) is 2.63. The van der Waals surface area contributed by atoms with E-state index in [9.17, 15) is 0 Å². The lowest BCUT2D eigenvalue weighted by Gasteiger charge is -2.17. The number of hydrogen-bond donors (Lipinski definition) is 1. The van der Waals surface area contributed by atoms with Gasteiger partial charge in [0.1, 0.15) is 0 Å². The van der Waals surface area contributed by atoms with Gasteiger partial charge in [-0.05, 0) is 37.1 Å². The lowest BCUT2D eigenvalue weighted by Crippen LogP contribution is -2.27. The molecule has 2 heteroatoms. The Morgan fingerprint density at radius 3 is 3.00 bits per heavy atom. The van der Waals surface area contributed by atoms with Crippen molar-refractivity contribution in [1.29, 1.82) is 0 Å². The molecule has 0 radical (unpaired) electrons. The molecule has 0 saturated heterocycles. The van der Waals surface area contributed by atoms with Crippen LogP contribution in [0.15, 0.2) is 18.2 Å². The topological polar surface area (TPSA) is 17.0 Å². The van der Waals surface area contributed by atoms with E-state index < -0.39 is 0 Å². The highest BCUT2D eigenvalue weighted by atomic mass is 15.1. The summed E-state index contributed by atoms with van der Waals surface area (Å²) in [6, 6.07) is 6.82. The smallest absolute Gasteiger partial charge is 0.0486 e. The molecule has 0 spiro atoms. The van der Waals surface area contributed by atoms with Crippen molar-refractivity contribution in [3.63, 3.8) is 0 Å². The van der Waals surface area contributed by atoms with Crippen molar-refractivity contribution in [3.8, 4) is 0 Å². The van der Waals surface area contributed by atoms with Gasteiger partial charge in [-0.3, -0.25) is 0 Å². The molecule has 0 bridgehead atoms. The number of rotatable bonds is 0. The molecule has 15 heavy (non-hydrogen) atoms. The molecule has 2 nitrogen and oxygen atoms in total. The van der Waals surface area contributed by atoms with E-state index in [0.717, 1.165) is 19.6 Å². The largest absolute Gasteiger partial charge is 0.342 e. The van der Waals surface area contributed by atoms with Crippen LogP contribution in [-0.4, -0.2) is 11.1 Å². The summed E-state index contributed by atoms with van der Waals surface area (Å²) in [7, 11) is 0. The van der Waals surface area contributed by atoms with Gasteiger partial charge in [0.05, 0.1) is 0 Å². The zero-order chi connectivity index (χ0) is 10.4. The lowest BCUT2D eigenvalue weighted by atomic mass is 10.1. The number of benzene rings is 1. The van der Waals surface area contributed by atoms with Gasteiger partial charge in [0, 0.05) is 36.2 Å². The van der Waals surface area contributed by atoms with Gasteiger partial charge in [-0.15, -0.1) is 0 Å². The predicted octanol–water partition coefficient (Wildman–Crippen LogP) is 2.36. The fourth-order valence-corrected chi connectivity index (χ4v) is 2.46. The number of hydrogen-bond acceptors (Lipinski definition) is 1. The first kappa shape index (κ1) is 8.98. The number of nitrogens with zero attached hydrogens (tertiary/aromatic N) is 1. The first-order chi connectivity index (χ1) is 7.27. The highest BCUT2D eigenvalue weighted by Gasteiger charge is 2.13. The van der Waals surface area contributed by atoms with Crippen molar-refractivity contribution in [2.75, 3.05) is 6.54 Å². The zero-order valence-electron chi connectivity index (χ0n) is 9.30. The number of aryl methyl sites for hydroxylation is 2. The highest BCUT2D eigenvalue weighted by Crippen LogP contribution is 2.26. The van der Waals surface area contributed by atoms with Crippen LogP contribution >= 0.6 is 0 Å². The SMILES string of the molecule is Cc1ccc2c(cc3n2CCNC3)c1C. The summed E-state index contributed by atoms with van der Waals surface area (Å²) in [6.07, 6.45) is 0. The zero-order valence-corrected chi connectivity index (χ0v) is 9.30. The normalized spacial score (nSPS) is 15.6. The molecule has 1 N–H and O–H groups in total. The van der Waals surface area contributed by atoms with E-state index in [2.05, 4.69) is 41.9 Å². The first-order valence-electron chi connectivity index (χ1n) is 5.56. The van der Waals surface area contributed by atoms with Crippen LogP contribution in [0.1, 0.15) is 16.8 Å². The maximum Gasteiger partial charge on any atom is 0.0486 e. The van der Waals surface area contributed by atoms with Gasteiger partial charge in [0.15, 0.2) is 0 Å². The molecule has 0 amide bonds. The Labute approximate surface area is 89.9 Å². The van der Waals surface area contributed by atoms with Crippen molar-refractivity contribution in [1.82, 2.24) is 9.88 Å². The highest BCUT2D eigenvalue weighted by molar-refractivity contribution is 5.85. The van der Waals surface area contributed by atoms with Crippen molar-refractivity contribution in [3.05, 3.63) is 35.0 Å².